The van der Waals surface area contributed by atoms with E-state index in [1.807, 2.05) is 0 Å². The lowest BCUT2D eigenvalue weighted by Gasteiger charge is -2.41. The van der Waals surface area contributed by atoms with Gasteiger partial charge in [-0.05, 0) is 39.3 Å². The van der Waals surface area contributed by atoms with Crippen molar-refractivity contribution in [2.45, 2.75) is 77.4 Å². The van der Waals surface area contributed by atoms with E-state index < -0.39 is 0 Å². The fraction of sp³-hybridized carbons (Fsp3) is 0.824. The maximum absolute atomic E-state index is 6.20. The summed E-state index contributed by atoms with van der Waals surface area (Å²) >= 11 is 0. The molecular formula is C17H32N4. The van der Waals surface area contributed by atoms with Gasteiger partial charge in [-0.1, -0.05) is 32.6 Å². The predicted molar refractivity (Wildman–Crippen MR) is 88.2 cm³/mol. The highest BCUT2D eigenvalue weighted by Gasteiger charge is 2.34. The van der Waals surface area contributed by atoms with Crippen LogP contribution in [0.3, 0.4) is 0 Å². The van der Waals surface area contributed by atoms with Crippen LogP contribution in [0.1, 0.15) is 63.8 Å². The highest BCUT2D eigenvalue weighted by Crippen LogP contribution is 2.32. The second-order valence-corrected chi connectivity index (χ2v) is 6.50. The van der Waals surface area contributed by atoms with Crippen molar-refractivity contribution in [3.05, 3.63) is 17.5 Å². The molecule has 4 heteroatoms. The molecule has 1 aromatic rings. The summed E-state index contributed by atoms with van der Waals surface area (Å²) in [6, 6.07) is 2.26. The van der Waals surface area contributed by atoms with Gasteiger partial charge in [-0.15, -0.1) is 0 Å². The Balaban J connectivity index is 2.14. The van der Waals surface area contributed by atoms with Crippen LogP contribution in [0.15, 0.2) is 6.07 Å². The molecular weight excluding hydrogens is 260 g/mol. The van der Waals surface area contributed by atoms with Crippen molar-refractivity contribution in [3.63, 3.8) is 0 Å². The van der Waals surface area contributed by atoms with E-state index in [0.29, 0.717) is 0 Å². The monoisotopic (exact) mass is 292 g/mol. The average molecular weight is 292 g/mol. The van der Waals surface area contributed by atoms with E-state index in [9.17, 15) is 0 Å². The quantitative estimate of drug-likeness (QED) is 0.820. The summed E-state index contributed by atoms with van der Waals surface area (Å²) in [5.74, 6) is 0. The normalized spacial score (nSPS) is 18.9. The van der Waals surface area contributed by atoms with E-state index in [-0.39, 0.29) is 5.54 Å². The fourth-order valence-corrected chi connectivity index (χ4v) is 3.63. The third-order valence-electron chi connectivity index (χ3n) is 5.20. The first-order valence-electron chi connectivity index (χ1n) is 8.62. The van der Waals surface area contributed by atoms with Gasteiger partial charge in [0.15, 0.2) is 0 Å². The highest BCUT2D eigenvalue weighted by molar-refractivity contribution is 5.11. The molecule has 1 heterocycles. The van der Waals surface area contributed by atoms with Crippen molar-refractivity contribution in [1.29, 1.82) is 0 Å². The van der Waals surface area contributed by atoms with Crippen LogP contribution >= 0.6 is 0 Å². The van der Waals surface area contributed by atoms with Crippen LogP contribution in [0, 0.1) is 0 Å². The molecule has 21 heavy (non-hydrogen) atoms. The minimum Gasteiger partial charge on any atom is -0.329 e. The Morgan fingerprint density at radius 1 is 1.24 bits per heavy atom. The first-order chi connectivity index (χ1) is 10.1. The second-order valence-electron chi connectivity index (χ2n) is 6.50. The summed E-state index contributed by atoms with van der Waals surface area (Å²) in [4.78, 5) is 2.50. The summed E-state index contributed by atoms with van der Waals surface area (Å²) in [7, 11) is 2.25. The third kappa shape index (κ3) is 3.67. The number of hydrogen-bond donors (Lipinski definition) is 1. The van der Waals surface area contributed by atoms with Gasteiger partial charge in [0, 0.05) is 25.2 Å². The van der Waals surface area contributed by atoms with Crippen LogP contribution in [0.25, 0.3) is 0 Å². The topological polar surface area (TPSA) is 47.1 Å². The molecule has 0 radical (unpaired) electrons. The molecule has 0 spiro atoms. The third-order valence-corrected chi connectivity index (χ3v) is 5.20. The van der Waals surface area contributed by atoms with Gasteiger partial charge < -0.3 is 5.73 Å². The smallest absolute Gasteiger partial charge is 0.0625 e. The minimum atomic E-state index is 0.186. The van der Waals surface area contributed by atoms with Gasteiger partial charge in [-0.3, -0.25) is 9.58 Å². The molecule has 1 aliphatic rings. The first kappa shape index (κ1) is 16.5. The van der Waals surface area contributed by atoms with Crippen molar-refractivity contribution >= 4 is 0 Å². The molecule has 0 aromatic carbocycles. The Morgan fingerprint density at radius 2 is 1.90 bits per heavy atom. The summed E-state index contributed by atoms with van der Waals surface area (Å²) in [6.07, 6.45) is 8.84. The van der Waals surface area contributed by atoms with Crippen molar-refractivity contribution in [3.8, 4) is 0 Å². The Bertz CT molecular complexity index is 430. The van der Waals surface area contributed by atoms with E-state index in [0.717, 1.165) is 26.1 Å². The van der Waals surface area contributed by atoms with Crippen LogP contribution in [0.5, 0.6) is 0 Å². The molecule has 4 nitrogen and oxygen atoms in total. The van der Waals surface area contributed by atoms with E-state index in [1.54, 1.807) is 0 Å². The molecule has 0 unspecified atom stereocenters. The highest BCUT2D eigenvalue weighted by atomic mass is 15.3. The maximum Gasteiger partial charge on any atom is 0.0625 e. The van der Waals surface area contributed by atoms with Gasteiger partial charge in [-0.2, -0.15) is 5.10 Å². The van der Waals surface area contributed by atoms with Crippen LogP contribution in [-0.2, 0) is 19.5 Å². The van der Waals surface area contributed by atoms with Gasteiger partial charge in [0.05, 0.1) is 11.4 Å². The van der Waals surface area contributed by atoms with Crippen molar-refractivity contribution in [2.24, 2.45) is 5.73 Å². The number of nitrogens with zero attached hydrogens (tertiary/aromatic N) is 3. The maximum atomic E-state index is 6.20. The number of nitrogens with two attached hydrogens (primary N) is 1. The number of aryl methyl sites for hydroxylation is 2. The van der Waals surface area contributed by atoms with Crippen molar-refractivity contribution in [2.75, 3.05) is 13.6 Å². The molecule has 0 saturated heterocycles. The summed E-state index contributed by atoms with van der Waals surface area (Å²) in [6.45, 7) is 7.00. The van der Waals surface area contributed by atoms with Crippen LogP contribution in [-0.4, -0.2) is 33.8 Å². The lowest BCUT2D eigenvalue weighted by molar-refractivity contribution is 0.0968. The van der Waals surface area contributed by atoms with Crippen molar-refractivity contribution < 1.29 is 0 Å². The molecule has 120 valence electrons. The van der Waals surface area contributed by atoms with Gasteiger partial charge in [0.2, 0.25) is 0 Å². The van der Waals surface area contributed by atoms with E-state index >= 15 is 0 Å². The summed E-state index contributed by atoms with van der Waals surface area (Å²) < 4.78 is 2.15. The molecule has 1 aromatic heterocycles. The summed E-state index contributed by atoms with van der Waals surface area (Å²) in [5.41, 5.74) is 8.91. The molecule has 2 rings (SSSR count). The van der Waals surface area contributed by atoms with Gasteiger partial charge in [0.1, 0.15) is 0 Å². The zero-order valence-corrected chi connectivity index (χ0v) is 14.1. The van der Waals surface area contributed by atoms with Gasteiger partial charge in [-0.25, -0.2) is 0 Å². The fourth-order valence-electron chi connectivity index (χ4n) is 3.63. The van der Waals surface area contributed by atoms with Crippen LogP contribution in [0.2, 0.25) is 0 Å². The Hall–Kier alpha value is -0.870. The van der Waals surface area contributed by atoms with Crippen LogP contribution < -0.4 is 5.73 Å². The molecule has 0 amide bonds. The van der Waals surface area contributed by atoms with E-state index in [1.165, 1.54) is 49.9 Å². The number of rotatable bonds is 6. The second kappa shape index (κ2) is 7.41. The molecule has 1 saturated carbocycles. The zero-order chi connectivity index (χ0) is 15.3. The lowest BCUT2D eigenvalue weighted by atomic mass is 9.88. The van der Waals surface area contributed by atoms with Gasteiger partial charge in [0.25, 0.3) is 0 Å². The van der Waals surface area contributed by atoms with E-state index in [2.05, 4.69) is 41.6 Å². The number of aromatic nitrogens is 2. The van der Waals surface area contributed by atoms with Crippen molar-refractivity contribution in [1.82, 2.24) is 14.7 Å². The largest absolute Gasteiger partial charge is 0.329 e. The Labute approximate surface area is 129 Å². The molecule has 1 aliphatic carbocycles. The molecule has 1 fully saturated rings. The number of likely N-dealkylation sites (N-methyl/N-ethyl adjacent to an activating group) is 1. The average Bonchev–Trinajstić information content (AvgIpc) is 2.74. The molecule has 0 aliphatic heterocycles. The standard InChI is InChI=1S/C17H32N4/c1-4-15-12-16(21(5-2)19-15)13-20(3)17(14-18)10-8-6-7-9-11-17/h12H,4-11,13-14,18H2,1-3H3. The van der Waals surface area contributed by atoms with E-state index in [4.69, 9.17) is 5.73 Å². The number of hydrogen-bond acceptors (Lipinski definition) is 3. The predicted octanol–water partition coefficient (Wildman–Crippen LogP) is 2.95. The molecule has 0 bridgehead atoms. The van der Waals surface area contributed by atoms with Crippen LogP contribution in [0.4, 0.5) is 0 Å². The molecule has 2 N–H and O–H groups in total. The summed E-state index contributed by atoms with van der Waals surface area (Å²) in [5, 5.41) is 4.67. The Kier molecular flexibility index (Phi) is 5.82. The van der Waals surface area contributed by atoms with Gasteiger partial charge >= 0.3 is 0 Å². The minimum absolute atomic E-state index is 0.186. The molecule has 0 atom stereocenters. The Morgan fingerprint density at radius 3 is 2.43 bits per heavy atom. The SMILES string of the molecule is CCc1cc(CN(C)C2(CN)CCCCCC2)n(CC)n1. The first-order valence-corrected chi connectivity index (χ1v) is 8.62. The zero-order valence-electron chi connectivity index (χ0n) is 14.1. The lowest BCUT2D eigenvalue weighted by Crippen LogP contribution is -2.51.